The van der Waals surface area contributed by atoms with Crippen molar-refractivity contribution in [1.82, 2.24) is 5.43 Å². The fourth-order valence-electron chi connectivity index (χ4n) is 1.54. The Morgan fingerprint density at radius 2 is 2.47 bits per heavy atom. The third-order valence-corrected chi connectivity index (χ3v) is 2.32. The van der Waals surface area contributed by atoms with Crippen LogP contribution in [0, 0.1) is 0 Å². The average molecular weight is 203 g/mol. The molecule has 1 aliphatic heterocycles. The minimum absolute atomic E-state index is 0.579. The lowest BCUT2D eigenvalue weighted by Gasteiger charge is -2.13. The standard InChI is InChI=1S/C11H13N3O/c15-6-2-4-10-3-1-5-11(7-10)14-8-12-13-9-14/h1,3,5-8,13H,2,4,9H2. The topological polar surface area (TPSA) is 44.7 Å². The predicted octanol–water partition coefficient (Wildman–Crippen LogP) is 1.13. The normalized spacial score (nSPS) is 14.0. The number of hydrogen-bond acceptors (Lipinski definition) is 4. The smallest absolute Gasteiger partial charge is 0.120 e. The number of aldehydes is 1. The fraction of sp³-hybridized carbons (Fsp3) is 0.273. The second kappa shape index (κ2) is 4.59. The molecule has 0 aliphatic carbocycles. The van der Waals surface area contributed by atoms with Crippen molar-refractivity contribution in [3.05, 3.63) is 29.8 Å². The molecule has 4 heteroatoms. The molecule has 4 nitrogen and oxygen atoms in total. The molecular formula is C11H13N3O. The maximum atomic E-state index is 10.3. The molecule has 1 aromatic carbocycles. The average Bonchev–Trinajstić information content (AvgIpc) is 2.80. The van der Waals surface area contributed by atoms with Crippen molar-refractivity contribution >= 4 is 18.3 Å². The van der Waals surface area contributed by atoms with E-state index in [9.17, 15) is 4.79 Å². The van der Waals surface area contributed by atoms with Gasteiger partial charge in [-0.15, -0.1) is 0 Å². The van der Waals surface area contributed by atoms with Crippen LogP contribution in [0.4, 0.5) is 5.69 Å². The lowest BCUT2D eigenvalue weighted by molar-refractivity contribution is -0.107. The van der Waals surface area contributed by atoms with E-state index in [0.717, 1.165) is 18.4 Å². The Kier molecular flexibility index (Phi) is 2.97. The van der Waals surface area contributed by atoms with Crippen molar-refractivity contribution in [3.63, 3.8) is 0 Å². The molecule has 1 heterocycles. The number of hydrazone groups is 1. The molecule has 0 radical (unpaired) electrons. The van der Waals surface area contributed by atoms with Crippen molar-refractivity contribution in [2.75, 3.05) is 11.6 Å². The number of nitrogens with zero attached hydrogens (tertiary/aromatic N) is 2. The van der Waals surface area contributed by atoms with Crippen molar-refractivity contribution in [2.45, 2.75) is 12.8 Å². The van der Waals surface area contributed by atoms with Crippen LogP contribution in [0.5, 0.6) is 0 Å². The lowest BCUT2D eigenvalue weighted by Crippen LogP contribution is -2.22. The van der Waals surface area contributed by atoms with Gasteiger partial charge in [-0.1, -0.05) is 12.1 Å². The van der Waals surface area contributed by atoms with E-state index in [0.29, 0.717) is 13.1 Å². The van der Waals surface area contributed by atoms with Crippen molar-refractivity contribution in [2.24, 2.45) is 5.10 Å². The summed E-state index contributed by atoms with van der Waals surface area (Å²) in [5.74, 6) is 0. The highest BCUT2D eigenvalue weighted by Crippen LogP contribution is 2.16. The highest BCUT2D eigenvalue weighted by atomic mass is 16.1. The van der Waals surface area contributed by atoms with Gasteiger partial charge >= 0.3 is 0 Å². The Bertz CT molecular complexity index is 376. The molecular weight excluding hydrogens is 190 g/mol. The Morgan fingerprint density at radius 3 is 3.20 bits per heavy atom. The van der Waals surface area contributed by atoms with Gasteiger partial charge in [-0.05, 0) is 24.1 Å². The van der Waals surface area contributed by atoms with Gasteiger partial charge in [-0.3, -0.25) is 5.43 Å². The zero-order chi connectivity index (χ0) is 10.5. The Labute approximate surface area is 88.6 Å². The number of hydrogen-bond donors (Lipinski definition) is 1. The van der Waals surface area contributed by atoms with Crippen LogP contribution in [0.1, 0.15) is 12.0 Å². The molecule has 0 saturated carbocycles. The lowest BCUT2D eigenvalue weighted by atomic mass is 10.1. The number of rotatable bonds is 4. The van der Waals surface area contributed by atoms with E-state index in [1.165, 1.54) is 5.56 Å². The molecule has 15 heavy (non-hydrogen) atoms. The van der Waals surface area contributed by atoms with Gasteiger partial charge in [0.2, 0.25) is 0 Å². The summed E-state index contributed by atoms with van der Waals surface area (Å²) in [4.78, 5) is 12.3. The second-order valence-corrected chi connectivity index (χ2v) is 3.41. The molecule has 78 valence electrons. The highest BCUT2D eigenvalue weighted by molar-refractivity contribution is 5.80. The van der Waals surface area contributed by atoms with Gasteiger partial charge in [-0.2, -0.15) is 5.10 Å². The first-order valence-electron chi connectivity index (χ1n) is 4.95. The molecule has 1 aliphatic rings. The third-order valence-electron chi connectivity index (χ3n) is 2.32. The zero-order valence-electron chi connectivity index (χ0n) is 8.39. The van der Waals surface area contributed by atoms with E-state index in [4.69, 9.17) is 0 Å². The molecule has 0 unspecified atom stereocenters. The van der Waals surface area contributed by atoms with Crippen LogP contribution < -0.4 is 10.3 Å². The van der Waals surface area contributed by atoms with Gasteiger partial charge in [-0.25, -0.2) is 0 Å². The summed E-state index contributed by atoms with van der Waals surface area (Å²) < 4.78 is 0. The third kappa shape index (κ3) is 2.34. The predicted molar refractivity (Wildman–Crippen MR) is 59.8 cm³/mol. The van der Waals surface area contributed by atoms with Crippen LogP contribution in [0.2, 0.25) is 0 Å². The SMILES string of the molecule is O=CCCc1cccc(N2C=NNC2)c1. The maximum Gasteiger partial charge on any atom is 0.120 e. The van der Waals surface area contributed by atoms with Gasteiger partial charge in [0.25, 0.3) is 0 Å². The second-order valence-electron chi connectivity index (χ2n) is 3.41. The monoisotopic (exact) mass is 203 g/mol. The first kappa shape index (κ1) is 9.71. The highest BCUT2D eigenvalue weighted by Gasteiger charge is 2.07. The van der Waals surface area contributed by atoms with Crippen LogP contribution in [0.25, 0.3) is 0 Å². The van der Waals surface area contributed by atoms with E-state index < -0.39 is 0 Å². The minimum atomic E-state index is 0.579. The van der Waals surface area contributed by atoms with Crippen molar-refractivity contribution < 1.29 is 4.79 Å². The quantitative estimate of drug-likeness (QED) is 0.746. The van der Waals surface area contributed by atoms with Crippen molar-refractivity contribution in [3.8, 4) is 0 Å². The molecule has 0 spiro atoms. The van der Waals surface area contributed by atoms with Gasteiger partial charge in [0, 0.05) is 12.1 Å². The zero-order valence-corrected chi connectivity index (χ0v) is 8.39. The number of benzene rings is 1. The first-order chi connectivity index (χ1) is 7.40. The molecule has 0 atom stereocenters. The summed E-state index contributed by atoms with van der Waals surface area (Å²) >= 11 is 0. The minimum Gasteiger partial charge on any atom is -0.311 e. The first-order valence-corrected chi connectivity index (χ1v) is 4.95. The maximum absolute atomic E-state index is 10.3. The molecule has 0 fully saturated rings. The molecule has 0 saturated heterocycles. The summed E-state index contributed by atoms with van der Waals surface area (Å²) in [6.45, 7) is 0.705. The van der Waals surface area contributed by atoms with Gasteiger partial charge in [0.05, 0.1) is 0 Å². The Balaban J connectivity index is 2.11. The molecule has 1 N–H and O–H groups in total. The van der Waals surface area contributed by atoms with Crippen LogP contribution in [-0.4, -0.2) is 19.3 Å². The van der Waals surface area contributed by atoms with E-state index >= 15 is 0 Å². The number of carbonyl (C=O) groups excluding carboxylic acids is 1. The van der Waals surface area contributed by atoms with Crippen LogP contribution in [-0.2, 0) is 11.2 Å². The number of carbonyl (C=O) groups is 1. The van der Waals surface area contributed by atoms with Gasteiger partial charge < -0.3 is 9.69 Å². The van der Waals surface area contributed by atoms with Crippen LogP contribution in [0.15, 0.2) is 29.4 Å². The summed E-state index contributed by atoms with van der Waals surface area (Å²) in [5.41, 5.74) is 5.16. The molecule has 2 rings (SSSR count). The summed E-state index contributed by atoms with van der Waals surface area (Å²) in [7, 11) is 0. The largest absolute Gasteiger partial charge is 0.311 e. The Hall–Kier alpha value is -1.84. The molecule has 0 aromatic heterocycles. The molecule has 0 bridgehead atoms. The van der Waals surface area contributed by atoms with Gasteiger partial charge in [0.1, 0.15) is 19.3 Å². The van der Waals surface area contributed by atoms with E-state index in [2.05, 4.69) is 16.6 Å². The van der Waals surface area contributed by atoms with Crippen molar-refractivity contribution in [1.29, 1.82) is 0 Å². The fourth-order valence-corrected chi connectivity index (χ4v) is 1.54. The van der Waals surface area contributed by atoms with E-state index in [1.54, 1.807) is 6.34 Å². The van der Waals surface area contributed by atoms with E-state index in [-0.39, 0.29) is 0 Å². The number of anilines is 1. The van der Waals surface area contributed by atoms with E-state index in [1.807, 2.05) is 23.1 Å². The number of aryl methyl sites for hydroxylation is 1. The van der Waals surface area contributed by atoms with Crippen LogP contribution in [0.3, 0.4) is 0 Å². The summed E-state index contributed by atoms with van der Waals surface area (Å²) in [5, 5.41) is 3.93. The molecule has 0 amide bonds. The summed E-state index contributed by atoms with van der Waals surface area (Å²) in [6, 6.07) is 8.15. The number of nitrogens with one attached hydrogen (secondary N) is 1. The molecule has 1 aromatic rings. The summed E-state index contributed by atoms with van der Waals surface area (Å²) in [6.07, 6.45) is 4.09. The Morgan fingerprint density at radius 1 is 1.53 bits per heavy atom. The van der Waals surface area contributed by atoms with Crippen LogP contribution >= 0.6 is 0 Å². The van der Waals surface area contributed by atoms with Gasteiger partial charge in [0.15, 0.2) is 0 Å².